The van der Waals surface area contributed by atoms with Crippen molar-refractivity contribution in [2.45, 2.75) is 13.8 Å². The summed E-state index contributed by atoms with van der Waals surface area (Å²) in [6, 6.07) is 6.35. The molecule has 1 aromatic heterocycles. The van der Waals surface area contributed by atoms with Gasteiger partial charge in [-0.25, -0.2) is 4.68 Å². The van der Waals surface area contributed by atoms with Crippen molar-refractivity contribution in [1.82, 2.24) is 15.1 Å². The van der Waals surface area contributed by atoms with Gasteiger partial charge in [0.15, 0.2) is 0 Å². The fraction of sp³-hybridized carbons (Fsp3) is 0.400. The summed E-state index contributed by atoms with van der Waals surface area (Å²) in [5.41, 5.74) is 4.97. The van der Waals surface area contributed by atoms with Crippen LogP contribution in [0.2, 0.25) is 0 Å². The van der Waals surface area contributed by atoms with Crippen molar-refractivity contribution in [3.63, 3.8) is 0 Å². The number of hydrogen-bond acceptors (Lipinski definition) is 3. The maximum absolute atomic E-state index is 4.52. The van der Waals surface area contributed by atoms with Crippen molar-refractivity contribution in [1.29, 1.82) is 0 Å². The Kier molecular flexibility index (Phi) is 3.25. The average Bonchev–Trinajstić information content (AvgIpc) is 2.92. The lowest BCUT2D eigenvalue weighted by Gasteiger charge is -2.27. The molecule has 0 radical (unpaired) electrons. The Balaban J connectivity index is 1.90. The highest BCUT2D eigenvalue weighted by atomic mass is 15.3. The smallest absolute Gasteiger partial charge is 0.0758 e. The highest BCUT2D eigenvalue weighted by molar-refractivity contribution is 5.49. The zero-order chi connectivity index (χ0) is 13.2. The van der Waals surface area contributed by atoms with Crippen molar-refractivity contribution in [2.75, 3.05) is 31.1 Å². The summed E-state index contributed by atoms with van der Waals surface area (Å²) in [4.78, 5) is 2.38. The number of aromatic nitrogens is 2. The number of benzene rings is 1. The van der Waals surface area contributed by atoms with Crippen LogP contribution in [0.1, 0.15) is 11.1 Å². The largest absolute Gasteiger partial charge is 0.366 e. The zero-order valence-electron chi connectivity index (χ0n) is 11.6. The molecule has 2 aromatic rings. The molecule has 0 aliphatic carbocycles. The van der Waals surface area contributed by atoms with Gasteiger partial charge in [-0.1, -0.05) is 12.1 Å². The van der Waals surface area contributed by atoms with E-state index in [2.05, 4.69) is 53.6 Å². The topological polar surface area (TPSA) is 33.1 Å². The third-order valence-electron chi connectivity index (χ3n) is 3.87. The van der Waals surface area contributed by atoms with Gasteiger partial charge >= 0.3 is 0 Å². The van der Waals surface area contributed by atoms with Gasteiger partial charge in [-0.15, -0.1) is 0 Å². The Morgan fingerprint density at radius 1 is 1.16 bits per heavy atom. The van der Waals surface area contributed by atoms with Crippen molar-refractivity contribution in [3.05, 3.63) is 41.7 Å². The van der Waals surface area contributed by atoms with Crippen LogP contribution in [0, 0.1) is 13.8 Å². The second kappa shape index (κ2) is 5.05. The quantitative estimate of drug-likeness (QED) is 0.891. The first-order valence-electron chi connectivity index (χ1n) is 6.82. The van der Waals surface area contributed by atoms with E-state index < -0.39 is 0 Å². The van der Waals surface area contributed by atoms with Gasteiger partial charge in [0, 0.05) is 26.2 Å². The lowest BCUT2D eigenvalue weighted by molar-refractivity contribution is 0.589. The second-order valence-electron chi connectivity index (χ2n) is 5.10. The Labute approximate surface area is 114 Å². The molecule has 2 heterocycles. The lowest BCUT2D eigenvalue weighted by Crippen LogP contribution is -2.43. The van der Waals surface area contributed by atoms with Crippen LogP contribution in [0.3, 0.4) is 0 Å². The van der Waals surface area contributed by atoms with E-state index in [4.69, 9.17) is 0 Å². The summed E-state index contributed by atoms with van der Waals surface area (Å²) in [6.45, 7) is 8.50. The Hall–Kier alpha value is -1.81. The van der Waals surface area contributed by atoms with Gasteiger partial charge in [-0.3, -0.25) is 0 Å². The average molecular weight is 256 g/mol. The molecule has 19 heavy (non-hydrogen) atoms. The first kappa shape index (κ1) is 12.2. The fourth-order valence-electron chi connectivity index (χ4n) is 2.52. The number of hydrogen-bond donors (Lipinski definition) is 1. The molecule has 1 fully saturated rings. The number of aryl methyl sites for hydroxylation is 1. The van der Waals surface area contributed by atoms with Gasteiger partial charge in [0.05, 0.1) is 23.8 Å². The maximum atomic E-state index is 4.52. The number of anilines is 1. The van der Waals surface area contributed by atoms with E-state index >= 15 is 0 Å². The summed E-state index contributed by atoms with van der Waals surface area (Å²) >= 11 is 0. The first-order valence-corrected chi connectivity index (χ1v) is 6.82. The van der Waals surface area contributed by atoms with E-state index in [1.165, 1.54) is 22.5 Å². The van der Waals surface area contributed by atoms with Gasteiger partial charge in [0.25, 0.3) is 0 Å². The number of piperazine rings is 1. The molecule has 0 atom stereocenters. The molecule has 1 N–H and O–H groups in total. The molecule has 3 rings (SSSR count). The molecule has 0 bridgehead atoms. The van der Waals surface area contributed by atoms with Gasteiger partial charge in [0.1, 0.15) is 0 Å². The minimum atomic E-state index is 1.05. The van der Waals surface area contributed by atoms with Crippen molar-refractivity contribution >= 4 is 5.69 Å². The van der Waals surface area contributed by atoms with Crippen molar-refractivity contribution in [3.8, 4) is 5.69 Å². The predicted octanol–water partition coefficient (Wildman–Crippen LogP) is 1.90. The normalized spacial score (nSPS) is 15.8. The molecule has 100 valence electrons. The minimum absolute atomic E-state index is 1.05. The fourth-order valence-corrected chi connectivity index (χ4v) is 2.52. The standard InChI is InChI=1S/C15H20N4/c1-12-4-3-5-15(13(12)2)19-11-14(10-17-19)18-8-6-16-7-9-18/h3-5,10-11,16H,6-9H2,1-2H3. The van der Waals surface area contributed by atoms with E-state index in [9.17, 15) is 0 Å². The van der Waals surface area contributed by atoms with Crippen LogP contribution < -0.4 is 10.2 Å². The van der Waals surface area contributed by atoms with Crippen molar-refractivity contribution in [2.24, 2.45) is 0 Å². The van der Waals surface area contributed by atoms with E-state index in [0.29, 0.717) is 0 Å². The third kappa shape index (κ3) is 2.36. The third-order valence-corrected chi connectivity index (χ3v) is 3.87. The Bertz CT molecular complexity index is 567. The van der Waals surface area contributed by atoms with E-state index in [1.807, 2.05) is 10.9 Å². The van der Waals surface area contributed by atoms with Gasteiger partial charge in [-0.2, -0.15) is 5.10 Å². The van der Waals surface area contributed by atoms with Crippen LogP contribution in [0.5, 0.6) is 0 Å². The number of nitrogens with one attached hydrogen (secondary N) is 1. The highest BCUT2D eigenvalue weighted by Gasteiger charge is 2.13. The molecule has 0 spiro atoms. The first-order chi connectivity index (χ1) is 9.25. The molecule has 4 heteroatoms. The molecule has 0 saturated carbocycles. The summed E-state index contributed by atoms with van der Waals surface area (Å²) in [5.74, 6) is 0. The van der Waals surface area contributed by atoms with E-state index in [0.717, 1.165) is 26.2 Å². The molecular weight excluding hydrogens is 236 g/mol. The zero-order valence-corrected chi connectivity index (χ0v) is 11.6. The van der Waals surface area contributed by atoms with Gasteiger partial charge < -0.3 is 10.2 Å². The van der Waals surface area contributed by atoms with Crippen LogP contribution in [0.4, 0.5) is 5.69 Å². The molecular formula is C15H20N4. The van der Waals surface area contributed by atoms with Crippen LogP contribution in [0.15, 0.2) is 30.6 Å². The summed E-state index contributed by atoms with van der Waals surface area (Å²) in [7, 11) is 0. The maximum Gasteiger partial charge on any atom is 0.0758 e. The highest BCUT2D eigenvalue weighted by Crippen LogP contribution is 2.20. The predicted molar refractivity (Wildman–Crippen MR) is 78.1 cm³/mol. The summed E-state index contributed by atoms with van der Waals surface area (Å²) in [5, 5.41) is 7.89. The lowest BCUT2D eigenvalue weighted by atomic mass is 10.1. The molecule has 0 unspecified atom stereocenters. The molecule has 1 saturated heterocycles. The van der Waals surface area contributed by atoms with E-state index in [-0.39, 0.29) is 0 Å². The second-order valence-corrected chi connectivity index (χ2v) is 5.10. The Morgan fingerprint density at radius 2 is 1.95 bits per heavy atom. The summed E-state index contributed by atoms with van der Waals surface area (Å²) < 4.78 is 1.99. The SMILES string of the molecule is Cc1cccc(-n2cc(N3CCNCC3)cn2)c1C. The molecule has 0 amide bonds. The van der Waals surface area contributed by atoms with Crippen LogP contribution >= 0.6 is 0 Å². The van der Waals surface area contributed by atoms with Crippen LogP contribution in [-0.2, 0) is 0 Å². The van der Waals surface area contributed by atoms with Gasteiger partial charge in [-0.05, 0) is 31.0 Å². The summed E-state index contributed by atoms with van der Waals surface area (Å²) in [6.07, 6.45) is 4.10. The van der Waals surface area contributed by atoms with Crippen LogP contribution in [-0.4, -0.2) is 36.0 Å². The number of nitrogens with zero attached hydrogens (tertiary/aromatic N) is 3. The number of rotatable bonds is 2. The minimum Gasteiger partial charge on any atom is -0.366 e. The van der Waals surface area contributed by atoms with Crippen LogP contribution in [0.25, 0.3) is 5.69 Å². The molecule has 4 nitrogen and oxygen atoms in total. The molecule has 1 aliphatic rings. The molecule has 1 aliphatic heterocycles. The monoisotopic (exact) mass is 256 g/mol. The Morgan fingerprint density at radius 3 is 2.74 bits per heavy atom. The molecule has 1 aromatic carbocycles. The van der Waals surface area contributed by atoms with E-state index in [1.54, 1.807) is 0 Å². The van der Waals surface area contributed by atoms with Crippen molar-refractivity contribution < 1.29 is 0 Å². The van der Waals surface area contributed by atoms with Gasteiger partial charge in [0.2, 0.25) is 0 Å².